The minimum Gasteiger partial charge on any atom is -0.491 e. The minimum absolute atomic E-state index is 0.0425. The molecular weight excluding hydrogens is 380 g/mol. The van der Waals surface area contributed by atoms with Gasteiger partial charge in [-0.1, -0.05) is 45.6 Å². The van der Waals surface area contributed by atoms with E-state index >= 15 is 0 Å². The van der Waals surface area contributed by atoms with Crippen molar-refractivity contribution in [3.63, 3.8) is 0 Å². The van der Waals surface area contributed by atoms with Gasteiger partial charge in [-0.3, -0.25) is 0 Å². The van der Waals surface area contributed by atoms with Crippen molar-refractivity contribution >= 4 is 11.9 Å². The van der Waals surface area contributed by atoms with Gasteiger partial charge in [0.1, 0.15) is 19.0 Å². The van der Waals surface area contributed by atoms with Crippen LogP contribution in [0.25, 0.3) is 0 Å². The molecule has 0 N–H and O–H groups in total. The maximum atomic E-state index is 12.6. The molecule has 5 heteroatoms. The molecule has 0 saturated heterocycles. The summed E-state index contributed by atoms with van der Waals surface area (Å²) >= 11 is 0. The second kappa shape index (κ2) is 10.1. The van der Waals surface area contributed by atoms with Gasteiger partial charge in [0.25, 0.3) is 0 Å². The first-order valence-electron chi connectivity index (χ1n) is 9.97. The Morgan fingerprint density at radius 3 is 2.13 bits per heavy atom. The fourth-order valence-corrected chi connectivity index (χ4v) is 2.79. The molecule has 2 aromatic rings. The van der Waals surface area contributed by atoms with E-state index in [1.807, 2.05) is 26.0 Å². The van der Waals surface area contributed by atoms with Gasteiger partial charge in [0.2, 0.25) is 0 Å². The highest BCUT2D eigenvalue weighted by Crippen LogP contribution is 2.33. The van der Waals surface area contributed by atoms with Gasteiger partial charge in [-0.05, 0) is 55.2 Å². The second-order valence-electron chi connectivity index (χ2n) is 8.29. The zero-order valence-corrected chi connectivity index (χ0v) is 18.4. The van der Waals surface area contributed by atoms with Gasteiger partial charge < -0.3 is 14.2 Å². The van der Waals surface area contributed by atoms with Crippen molar-refractivity contribution < 1.29 is 23.8 Å². The van der Waals surface area contributed by atoms with E-state index in [9.17, 15) is 9.59 Å². The summed E-state index contributed by atoms with van der Waals surface area (Å²) in [6, 6.07) is 12.1. The minimum atomic E-state index is -0.420. The van der Waals surface area contributed by atoms with Crippen LogP contribution in [-0.4, -0.2) is 24.6 Å². The van der Waals surface area contributed by atoms with Crippen molar-refractivity contribution in [3.8, 4) is 5.75 Å². The number of rotatable bonds is 8. The fraction of sp³-hybridized carbons (Fsp3) is 0.360. The Hall–Kier alpha value is -3.08. The Morgan fingerprint density at radius 2 is 1.57 bits per heavy atom. The van der Waals surface area contributed by atoms with E-state index in [-0.39, 0.29) is 24.7 Å². The average Bonchev–Trinajstić information content (AvgIpc) is 2.69. The highest BCUT2D eigenvalue weighted by Gasteiger charge is 2.22. The maximum absolute atomic E-state index is 12.6. The van der Waals surface area contributed by atoms with Crippen molar-refractivity contribution in [2.45, 2.75) is 52.7 Å². The summed E-state index contributed by atoms with van der Waals surface area (Å²) in [7, 11) is 0. The van der Waals surface area contributed by atoms with Crippen LogP contribution >= 0.6 is 0 Å². The van der Waals surface area contributed by atoms with Crippen LogP contribution in [0.5, 0.6) is 5.75 Å². The molecule has 0 aliphatic carbocycles. The standard InChI is InChI=1S/C25H30O5/c1-7-14-28-23(26)19-10-8-18(9-11-19)16-29-24(27)20-12-13-22(30-17(2)3)21(15-20)25(4,5)6/h7-13,15,17H,1,14,16H2,2-6H3. The molecule has 0 aliphatic heterocycles. The molecule has 0 amide bonds. The van der Waals surface area contributed by atoms with Crippen LogP contribution in [0.3, 0.4) is 0 Å². The Bertz CT molecular complexity index is 889. The summed E-state index contributed by atoms with van der Waals surface area (Å²) in [5, 5.41) is 0. The van der Waals surface area contributed by atoms with E-state index in [0.717, 1.165) is 16.9 Å². The molecular formula is C25H30O5. The second-order valence-corrected chi connectivity index (χ2v) is 8.29. The molecule has 30 heavy (non-hydrogen) atoms. The summed E-state index contributed by atoms with van der Waals surface area (Å²) in [4.78, 5) is 24.4. The summed E-state index contributed by atoms with van der Waals surface area (Å²) in [5.74, 6) is -0.0593. The molecule has 0 fully saturated rings. The molecule has 0 bridgehead atoms. The number of hydrogen-bond donors (Lipinski definition) is 0. The van der Waals surface area contributed by atoms with Crippen molar-refractivity contribution in [1.29, 1.82) is 0 Å². The third kappa shape index (κ3) is 6.48. The van der Waals surface area contributed by atoms with Gasteiger partial charge in [-0.2, -0.15) is 0 Å². The first kappa shape index (κ1) is 23.2. The summed E-state index contributed by atoms with van der Waals surface area (Å²) in [5.41, 5.74) is 2.45. The Kier molecular flexibility index (Phi) is 7.81. The lowest BCUT2D eigenvalue weighted by Crippen LogP contribution is -2.17. The Labute approximate surface area is 178 Å². The third-order valence-electron chi connectivity index (χ3n) is 4.28. The monoisotopic (exact) mass is 410 g/mol. The number of esters is 2. The van der Waals surface area contributed by atoms with Crippen LogP contribution in [-0.2, 0) is 21.5 Å². The molecule has 0 heterocycles. The molecule has 160 valence electrons. The summed E-state index contributed by atoms with van der Waals surface area (Å²) < 4.78 is 16.3. The normalized spacial score (nSPS) is 11.1. The Balaban J connectivity index is 2.07. The van der Waals surface area contributed by atoms with Gasteiger partial charge in [0.05, 0.1) is 17.2 Å². The van der Waals surface area contributed by atoms with Crippen LogP contribution in [0.2, 0.25) is 0 Å². The van der Waals surface area contributed by atoms with E-state index in [1.165, 1.54) is 6.08 Å². The van der Waals surface area contributed by atoms with E-state index in [2.05, 4.69) is 27.4 Å². The first-order chi connectivity index (χ1) is 14.1. The predicted octanol–water partition coefficient (Wildman–Crippen LogP) is 5.47. The van der Waals surface area contributed by atoms with Crippen molar-refractivity contribution in [1.82, 2.24) is 0 Å². The van der Waals surface area contributed by atoms with E-state index in [1.54, 1.807) is 30.3 Å². The molecule has 0 unspecified atom stereocenters. The van der Waals surface area contributed by atoms with Crippen molar-refractivity contribution in [2.75, 3.05) is 6.61 Å². The number of benzene rings is 2. The highest BCUT2D eigenvalue weighted by atomic mass is 16.5. The van der Waals surface area contributed by atoms with E-state index in [0.29, 0.717) is 11.1 Å². The first-order valence-corrected chi connectivity index (χ1v) is 9.97. The molecule has 5 nitrogen and oxygen atoms in total. The number of ether oxygens (including phenoxy) is 3. The summed E-state index contributed by atoms with van der Waals surface area (Å²) in [6.07, 6.45) is 1.55. The Morgan fingerprint density at radius 1 is 0.967 bits per heavy atom. The zero-order chi connectivity index (χ0) is 22.3. The van der Waals surface area contributed by atoms with Crippen molar-refractivity contribution in [3.05, 3.63) is 77.4 Å². The van der Waals surface area contributed by atoms with Gasteiger partial charge in [0, 0.05) is 5.56 Å². The van der Waals surface area contributed by atoms with Crippen LogP contribution in [0.4, 0.5) is 0 Å². The average molecular weight is 411 g/mol. The quantitative estimate of drug-likeness (QED) is 0.426. The molecule has 0 radical (unpaired) electrons. The zero-order valence-electron chi connectivity index (χ0n) is 18.4. The van der Waals surface area contributed by atoms with Gasteiger partial charge >= 0.3 is 11.9 Å². The molecule has 0 saturated carbocycles. The molecule has 2 aromatic carbocycles. The molecule has 2 rings (SSSR count). The fourth-order valence-electron chi connectivity index (χ4n) is 2.79. The molecule has 0 aromatic heterocycles. The lowest BCUT2D eigenvalue weighted by atomic mass is 9.85. The third-order valence-corrected chi connectivity index (χ3v) is 4.28. The van der Waals surface area contributed by atoms with Crippen molar-refractivity contribution in [2.24, 2.45) is 0 Å². The lowest BCUT2D eigenvalue weighted by Gasteiger charge is -2.24. The topological polar surface area (TPSA) is 61.8 Å². The number of carbonyl (C=O) groups excluding carboxylic acids is 2. The molecule has 0 atom stereocenters. The van der Waals surface area contributed by atoms with Crippen LogP contribution in [0.1, 0.15) is 66.5 Å². The molecule has 0 spiro atoms. The van der Waals surface area contributed by atoms with Crippen LogP contribution in [0, 0.1) is 0 Å². The van der Waals surface area contributed by atoms with Gasteiger partial charge in [0.15, 0.2) is 0 Å². The maximum Gasteiger partial charge on any atom is 0.338 e. The highest BCUT2D eigenvalue weighted by molar-refractivity contribution is 5.90. The predicted molar refractivity (Wildman–Crippen MR) is 117 cm³/mol. The smallest absolute Gasteiger partial charge is 0.338 e. The number of carbonyl (C=O) groups is 2. The van der Waals surface area contributed by atoms with Crippen LogP contribution < -0.4 is 4.74 Å². The van der Waals surface area contributed by atoms with Gasteiger partial charge in [-0.15, -0.1) is 0 Å². The van der Waals surface area contributed by atoms with Crippen LogP contribution in [0.15, 0.2) is 55.1 Å². The SMILES string of the molecule is C=CCOC(=O)c1ccc(COC(=O)c2ccc(OC(C)C)c(C(C)(C)C)c2)cc1. The summed E-state index contributed by atoms with van der Waals surface area (Å²) in [6.45, 7) is 13.9. The van der Waals surface area contributed by atoms with Gasteiger partial charge in [-0.25, -0.2) is 9.59 Å². The van der Waals surface area contributed by atoms with E-state index in [4.69, 9.17) is 14.2 Å². The van der Waals surface area contributed by atoms with E-state index < -0.39 is 11.9 Å². The number of hydrogen-bond acceptors (Lipinski definition) is 5. The lowest BCUT2D eigenvalue weighted by molar-refractivity contribution is 0.0470. The largest absolute Gasteiger partial charge is 0.491 e. The molecule has 0 aliphatic rings.